The van der Waals surface area contributed by atoms with E-state index in [1.807, 2.05) is 5.38 Å². The summed E-state index contributed by atoms with van der Waals surface area (Å²) in [6, 6.07) is 1.79. The van der Waals surface area contributed by atoms with Crippen LogP contribution in [-0.2, 0) is 0 Å². The molecule has 0 aliphatic heterocycles. The van der Waals surface area contributed by atoms with E-state index in [1.54, 1.807) is 13.2 Å². The minimum atomic E-state index is 0.0131. The Morgan fingerprint density at radius 1 is 1.47 bits per heavy atom. The van der Waals surface area contributed by atoms with Gasteiger partial charge in [-0.2, -0.15) is 0 Å². The monoisotopic (exact) mass is 345 g/mol. The molecule has 5 heteroatoms. The number of ether oxygens (including phenoxy) is 1. The van der Waals surface area contributed by atoms with E-state index >= 15 is 0 Å². The van der Waals surface area contributed by atoms with Gasteiger partial charge in [-0.1, -0.05) is 35.2 Å². The maximum Gasteiger partial charge on any atom is 0.261 e. The lowest BCUT2D eigenvalue weighted by atomic mass is 9.75. The number of nitrogens with one attached hydrogen (secondary N) is 1. The Balaban J connectivity index is 1.91. The van der Waals surface area contributed by atoms with Crippen LogP contribution in [0.5, 0.6) is 5.75 Å². The Labute approximate surface area is 126 Å². The summed E-state index contributed by atoms with van der Waals surface area (Å²) in [5, 5.41) is 5.91. The normalized spacial score (nSPS) is 18.0. The van der Waals surface area contributed by atoms with E-state index in [0.717, 1.165) is 22.5 Å². The summed E-state index contributed by atoms with van der Waals surface area (Å²) in [5.74, 6) is 0.766. The Kier molecular flexibility index (Phi) is 5.28. The van der Waals surface area contributed by atoms with Crippen LogP contribution in [0.25, 0.3) is 0 Å². The highest BCUT2D eigenvalue weighted by molar-refractivity contribution is 9.09. The largest absolute Gasteiger partial charge is 0.496 e. The second-order valence-electron chi connectivity index (χ2n) is 5.23. The van der Waals surface area contributed by atoms with Gasteiger partial charge in [0.2, 0.25) is 0 Å². The van der Waals surface area contributed by atoms with E-state index in [-0.39, 0.29) is 11.3 Å². The summed E-state index contributed by atoms with van der Waals surface area (Å²) >= 11 is 5.05. The molecular formula is C14H20BrNO2S. The standard InChI is InChI=1S/C14H20BrNO2S/c1-18-11-7-12(19-8-11)13(17)16-10-14(9-15)5-3-2-4-6-14/h7-8H,2-6,9-10H2,1H3,(H,16,17). The molecule has 1 N–H and O–H groups in total. The molecule has 0 saturated heterocycles. The van der Waals surface area contributed by atoms with Crippen LogP contribution < -0.4 is 10.1 Å². The van der Waals surface area contributed by atoms with Crippen LogP contribution in [0.15, 0.2) is 11.4 Å². The van der Waals surface area contributed by atoms with Gasteiger partial charge < -0.3 is 10.1 Å². The van der Waals surface area contributed by atoms with E-state index in [2.05, 4.69) is 21.2 Å². The average molecular weight is 346 g/mol. The Morgan fingerprint density at radius 2 is 2.21 bits per heavy atom. The molecule has 106 valence electrons. The van der Waals surface area contributed by atoms with Crippen LogP contribution in [0.2, 0.25) is 0 Å². The molecule has 0 unspecified atom stereocenters. The topological polar surface area (TPSA) is 38.3 Å². The van der Waals surface area contributed by atoms with Gasteiger partial charge in [-0.25, -0.2) is 0 Å². The molecule has 1 saturated carbocycles. The zero-order valence-corrected chi connectivity index (χ0v) is 13.6. The molecule has 2 rings (SSSR count). The van der Waals surface area contributed by atoms with Crippen LogP contribution in [0.3, 0.4) is 0 Å². The fourth-order valence-corrected chi connectivity index (χ4v) is 4.09. The summed E-state index contributed by atoms with van der Waals surface area (Å²) in [6.45, 7) is 0.761. The van der Waals surface area contributed by atoms with Gasteiger partial charge in [0, 0.05) is 23.3 Å². The Morgan fingerprint density at radius 3 is 2.79 bits per heavy atom. The van der Waals surface area contributed by atoms with Crippen molar-refractivity contribution in [1.82, 2.24) is 5.32 Å². The molecule has 19 heavy (non-hydrogen) atoms. The predicted octanol–water partition coefficient (Wildman–Crippen LogP) is 3.83. The number of thiophene rings is 1. The second kappa shape index (κ2) is 6.75. The first kappa shape index (κ1) is 14.9. The maximum atomic E-state index is 12.1. The molecule has 1 fully saturated rings. The maximum absolute atomic E-state index is 12.1. The van der Waals surface area contributed by atoms with Crippen LogP contribution in [0.4, 0.5) is 0 Å². The third-order valence-corrected chi connectivity index (χ3v) is 5.95. The van der Waals surface area contributed by atoms with Gasteiger partial charge in [-0.3, -0.25) is 4.79 Å². The molecule has 0 spiro atoms. The lowest BCUT2D eigenvalue weighted by Gasteiger charge is -2.35. The Bertz CT molecular complexity index is 427. The van der Waals surface area contributed by atoms with Gasteiger partial charge in [-0.15, -0.1) is 11.3 Å². The fraction of sp³-hybridized carbons (Fsp3) is 0.643. The molecule has 0 atom stereocenters. The van der Waals surface area contributed by atoms with Crippen molar-refractivity contribution < 1.29 is 9.53 Å². The van der Waals surface area contributed by atoms with E-state index in [0.29, 0.717) is 0 Å². The van der Waals surface area contributed by atoms with Crippen LogP contribution in [0, 0.1) is 5.41 Å². The molecule has 1 heterocycles. The second-order valence-corrected chi connectivity index (χ2v) is 6.70. The minimum absolute atomic E-state index is 0.0131. The van der Waals surface area contributed by atoms with Gasteiger partial charge in [-0.05, 0) is 18.3 Å². The number of amides is 1. The molecule has 1 aliphatic rings. The highest BCUT2D eigenvalue weighted by atomic mass is 79.9. The van der Waals surface area contributed by atoms with Crippen molar-refractivity contribution >= 4 is 33.2 Å². The molecule has 1 aromatic heterocycles. The summed E-state index contributed by atoms with van der Waals surface area (Å²) in [7, 11) is 1.62. The minimum Gasteiger partial charge on any atom is -0.496 e. The van der Waals surface area contributed by atoms with Crippen LogP contribution >= 0.6 is 27.3 Å². The van der Waals surface area contributed by atoms with E-state index in [9.17, 15) is 4.79 Å². The van der Waals surface area contributed by atoms with Crippen molar-refractivity contribution in [1.29, 1.82) is 0 Å². The van der Waals surface area contributed by atoms with Gasteiger partial charge in [0.15, 0.2) is 0 Å². The fourth-order valence-electron chi connectivity index (χ4n) is 2.56. The van der Waals surface area contributed by atoms with Crippen molar-refractivity contribution in [2.75, 3.05) is 19.0 Å². The highest BCUT2D eigenvalue weighted by Crippen LogP contribution is 2.37. The Hall–Kier alpha value is -0.550. The average Bonchev–Trinajstić information content (AvgIpc) is 2.95. The predicted molar refractivity (Wildman–Crippen MR) is 82.5 cm³/mol. The lowest BCUT2D eigenvalue weighted by Crippen LogP contribution is -2.40. The van der Waals surface area contributed by atoms with E-state index < -0.39 is 0 Å². The van der Waals surface area contributed by atoms with Gasteiger partial charge in [0.25, 0.3) is 5.91 Å². The van der Waals surface area contributed by atoms with Crippen molar-refractivity contribution in [3.63, 3.8) is 0 Å². The number of methoxy groups -OCH3 is 1. The molecular weight excluding hydrogens is 326 g/mol. The SMILES string of the molecule is COc1csc(C(=O)NCC2(CBr)CCCCC2)c1. The summed E-state index contributed by atoms with van der Waals surface area (Å²) in [6.07, 6.45) is 6.27. The molecule has 3 nitrogen and oxygen atoms in total. The first-order valence-corrected chi connectivity index (χ1v) is 8.66. The lowest BCUT2D eigenvalue weighted by molar-refractivity contribution is 0.0926. The number of alkyl halides is 1. The molecule has 0 radical (unpaired) electrons. The summed E-state index contributed by atoms with van der Waals surface area (Å²) in [4.78, 5) is 12.8. The first-order valence-electron chi connectivity index (χ1n) is 6.66. The first-order chi connectivity index (χ1) is 9.19. The molecule has 1 aromatic rings. The summed E-state index contributed by atoms with van der Waals surface area (Å²) < 4.78 is 5.10. The van der Waals surface area contributed by atoms with Crippen LogP contribution in [0.1, 0.15) is 41.8 Å². The zero-order chi connectivity index (χ0) is 13.7. The van der Waals surface area contributed by atoms with Gasteiger partial charge in [0.05, 0.1) is 12.0 Å². The zero-order valence-electron chi connectivity index (χ0n) is 11.2. The van der Waals surface area contributed by atoms with Gasteiger partial charge in [0.1, 0.15) is 5.75 Å². The molecule has 0 aromatic carbocycles. The third-order valence-electron chi connectivity index (χ3n) is 3.86. The summed E-state index contributed by atoms with van der Waals surface area (Å²) in [5.41, 5.74) is 0.245. The highest BCUT2D eigenvalue weighted by Gasteiger charge is 2.31. The van der Waals surface area contributed by atoms with Crippen molar-refractivity contribution in [2.45, 2.75) is 32.1 Å². The number of hydrogen-bond acceptors (Lipinski definition) is 3. The quantitative estimate of drug-likeness (QED) is 0.823. The number of carbonyl (C=O) groups is 1. The van der Waals surface area contributed by atoms with Crippen LogP contribution in [-0.4, -0.2) is 24.9 Å². The van der Waals surface area contributed by atoms with Gasteiger partial charge >= 0.3 is 0 Å². The molecule has 0 bridgehead atoms. The third kappa shape index (κ3) is 3.72. The van der Waals surface area contributed by atoms with Crippen molar-refractivity contribution in [2.24, 2.45) is 5.41 Å². The molecule has 1 aliphatic carbocycles. The number of halogens is 1. The number of carbonyl (C=O) groups excluding carboxylic acids is 1. The van der Waals surface area contributed by atoms with E-state index in [4.69, 9.17) is 4.74 Å². The van der Waals surface area contributed by atoms with Crippen molar-refractivity contribution in [3.8, 4) is 5.75 Å². The molecule has 1 amide bonds. The number of rotatable bonds is 5. The van der Waals surface area contributed by atoms with E-state index in [1.165, 1.54) is 43.4 Å². The number of hydrogen-bond donors (Lipinski definition) is 1. The van der Waals surface area contributed by atoms with Crippen molar-refractivity contribution in [3.05, 3.63) is 16.3 Å². The smallest absolute Gasteiger partial charge is 0.261 e.